The summed E-state index contributed by atoms with van der Waals surface area (Å²) in [4.78, 5) is 14.2. The molecule has 1 amide bonds. The maximum atomic E-state index is 12.3. The lowest BCUT2D eigenvalue weighted by Gasteiger charge is -2.34. The number of hydrogen-bond donors (Lipinski definition) is 0. The first-order chi connectivity index (χ1) is 8.22. The quantitative estimate of drug-likeness (QED) is 0.754. The average molecular weight is 272 g/mol. The van der Waals surface area contributed by atoms with E-state index in [1.54, 1.807) is 24.3 Å². The van der Waals surface area contributed by atoms with Crippen LogP contribution in [0.25, 0.3) is 0 Å². The molecule has 1 atom stereocenters. The first-order valence-electron chi connectivity index (χ1n) is 5.85. The molecule has 0 N–H and O–H groups in total. The van der Waals surface area contributed by atoms with Gasteiger partial charge in [-0.1, -0.05) is 17.7 Å². The van der Waals surface area contributed by atoms with Gasteiger partial charge in [0, 0.05) is 29.1 Å². The Balaban J connectivity index is 2.18. The highest BCUT2D eigenvalue weighted by Gasteiger charge is 2.26. The molecule has 92 valence electrons. The van der Waals surface area contributed by atoms with Crippen molar-refractivity contribution in [3.05, 3.63) is 34.9 Å². The highest BCUT2D eigenvalue weighted by molar-refractivity contribution is 6.31. The number of benzene rings is 1. The van der Waals surface area contributed by atoms with E-state index in [0.29, 0.717) is 16.5 Å². The molecule has 1 aromatic rings. The molecule has 4 heteroatoms. The van der Waals surface area contributed by atoms with Gasteiger partial charge in [-0.25, -0.2) is 0 Å². The summed E-state index contributed by atoms with van der Waals surface area (Å²) >= 11 is 11.8. The van der Waals surface area contributed by atoms with Gasteiger partial charge in [-0.3, -0.25) is 4.79 Å². The second-order valence-electron chi connectivity index (χ2n) is 4.31. The van der Waals surface area contributed by atoms with Gasteiger partial charge in [0.1, 0.15) is 0 Å². The van der Waals surface area contributed by atoms with Crippen molar-refractivity contribution in [1.29, 1.82) is 0 Å². The molecule has 0 bridgehead atoms. The van der Waals surface area contributed by atoms with Crippen LogP contribution < -0.4 is 0 Å². The molecule has 0 saturated carbocycles. The minimum atomic E-state index is 0.0397. The van der Waals surface area contributed by atoms with Crippen LogP contribution in [0.5, 0.6) is 0 Å². The summed E-state index contributed by atoms with van der Waals surface area (Å²) < 4.78 is 0. The smallest absolute Gasteiger partial charge is 0.254 e. The topological polar surface area (TPSA) is 20.3 Å². The fourth-order valence-corrected chi connectivity index (χ4v) is 2.73. The normalized spacial score (nSPS) is 20.4. The van der Waals surface area contributed by atoms with Crippen LogP contribution in [-0.2, 0) is 0 Å². The van der Waals surface area contributed by atoms with E-state index < -0.39 is 0 Å². The van der Waals surface area contributed by atoms with E-state index in [1.165, 1.54) is 0 Å². The number of rotatable bonds is 2. The van der Waals surface area contributed by atoms with Crippen LogP contribution in [0, 0.1) is 0 Å². The largest absolute Gasteiger partial charge is 0.334 e. The molecular weight excluding hydrogens is 257 g/mol. The molecule has 0 aliphatic carbocycles. The Labute approximate surface area is 112 Å². The Morgan fingerprint density at radius 1 is 1.41 bits per heavy atom. The summed E-state index contributed by atoms with van der Waals surface area (Å²) in [6.07, 6.45) is 3.20. The second kappa shape index (κ2) is 5.74. The van der Waals surface area contributed by atoms with Crippen molar-refractivity contribution >= 4 is 29.1 Å². The Kier molecular flexibility index (Phi) is 4.30. The lowest BCUT2D eigenvalue weighted by atomic mass is 10.0. The molecule has 1 fully saturated rings. The van der Waals surface area contributed by atoms with Gasteiger partial charge in [-0.05, 0) is 37.5 Å². The SMILES string of the molecule is O=C(c1cccc(Cl)c1)N1CCCCC1CCl. The molecule has 1 aromatic carbocycles. The summed E-state index contributed by atoms with van der Waals surface area (Å²) in [6.45, 7) is 0.794. The van der Waals surface area contributed by atoms with Crippen molar-refractivity contribution in [1.82, 2.24) is 4.90 Å². The molecule has 2 nitrogen and oxygen atoms in total. The maximum Gasteiger partial charge on any atom is 0.254 e. The fourth-order valence-electron chi connectivity index (χ4n) is 2.22. The van der Waals surface area contributed by atoms with Crippen LogP contribution >= 0.6 is 23.2 Å². The van der Waals surface area contributed by atoms with E-state index in [2.05, 4.69) is 0 Å². The molecule has 1 heterocycles. The monoisotopic (exact) mass is 271 g/mol. The van der Waals surface area contributed by atoms with Gasteiger partial charge >= 0.3 is 0 Å². The van der Waals surface area contributed by atoms with Gasteiger partial charge in [-0.2, -0.15) is 0 Å². The predicted molar refractivity (Wildman–Crippen MR) is 70.8 cm³/mol. The van der Waals surface area contributed by atoms with E-state index in [1.807, 2.05) is 4.90 Å². The number of carbonyl (C=O) groups excluding carboxylic acids is 1. The van der Waals surface area contributed by atoms with Gasteiger partial charge < -0.3 is 4.90 Å². The molecule has 1 aliphatic rings. The Morgan fingerprint density at radius 2 is 2.24 bits per heavy atom. The van der Waals surface area contributed by atoms with Crippen molar-refractivity contribution in [2.75, 3.05) is 12.4 Å². The molecule has 17 heavy (non-hydrogen) atoms. The minimum absolute atomic E-state index is 0.0397. The zero-order valence-corrected chi connectivity index (χ0v) is 11.0. The Bertz CT molecular complexity index is 408. The molecular formula is C13H15Cl2NO. The third-order valence-corrected chi connectivity index (χ3v) is 3.73. The van der Waals surface area contributed by atoms with Crippen LogP contribution in [0.1, 0.15) is 29.6 Å². The highest BCUT2D eigenvalue weighted by atomic mass is 35.5. The number of alkyl halides is 1. The highest BCUT2D eigenvalue weighted by Crippen LogP contribution is 2.21. The van der Waals surface area contributed by atoms with Gasteiger partial charge in [0.25, 0.3) is 5.91 Å². The van der Waals surface area contributed by atoms with Crippen LogP contribution in [0.15, 0.2) is 24.3 Å². The summed E-state index contributed by atoms with van der Waals surface area (Å²) in [6, 6.07) is 7.25. The Hall–Kier alpha value is -0.730. The number of nitrogens with zero attached hydrogens (tertiary/aromatic N) is 1. The van der Waals surface area contributed by atoms with Gasteiger partial charge in [-0.15, -0.1) is 11.6 Å². The van der Waals surface area contributed by atoms with Crippen LogP contribution in [-0.4, -0.2) is 29.3 Å². The summed E-state index contributed by atoms with van der Waals surface area (Å²) in [7, 11) is 0. The first-order valence-corrected chi connectivity index (χ1v) is 6.76. The van der Waals surface area contributed by atoms with E-state index >= 15 is 0 Å². The molecule has 0 aromatic heterocycles. The molecule has 1 aliphatic heterocycles. The first kappa shape index (κ1) is 12.7. The van der Waals surface area contributed by atoms with Gasteiger partial charge in [0.15, 0.2) is 0 Å². The van der Waals surface area contributed by atoms with Crippen molar-refractivity contribution in [3.8, 4) is 0 Å². The van der Waals surface area contributed by atoms with Crippen molar-refractivity contribution in [2.45, 2.75) is 25.3 Å². The third kappa shape index (κ3) is 2.93. The van der Waals surface area contributed by atoms with Crippen molar-refractivity contribution in [3.63, 3.8) is 0 Å². The summed E-state index contributed by atoms with van der Waals surface area (Å²) in [5.74, 6) is 0.546. The Morgan fingerprint density at radius 3 is 2.94 bits per heavy atom. The number of likely N-dealkylation sites (tertiary alicyclic amines) is 1. The fraction of sp³-hybridized carbons (Fsp3) is 0.462. The minimum Gasteiger partial charge on any atom is -0.334 e. The molecule has 0 spiro atoms. The summed E-state index contributed by atoms with van der Waals surface area (Å²) in [5, 5.41) is 0.593. The van der Waals surface area contributed by atoms with E-state index in [0.717, 1.165) is 25.8 Å². The van der Waals surface area contributed by atoms with E-state index in [9.17, 15) is 4.79 Å². The number of halogens is 2. The number of amides is 1. The van der Waals surface area contributed by atoms with E-state index in [4.69, 9.17) is 23.2 Å². The van der Waals surface area contributed by atoms with Crippen LogP contribution in [0.3, 0.4) is 0 Å². The maximum absolute atomic E-state index is 12.3. The number of carbonyl (C=O) groups is 1. The third-order valence-electron chi connectivity index (χ3n) is 3.14. The zero-order chi connectivity index (χ0) is 12.3. The number of piperidine rings is 1. The van der Waals surface area contributed by atoms with Gasteiger partial charge in [0.05, 0.1) is 0 Å². The van der Waals surface area contributed by atoms with Crippen LogP contribution in [0.2, 0.25) is 5.02 Å². The van der Waals surface area contributed by atoms with Gasteiger partial charge in [0.2, 0.25) is 0 Å². The molecule has 1 unspecified atom stereocenters. The van der Waals surface area contributed by atoms with Crippen LogP contribution in [0.4, 0.5) is 0 Å². The van der Waals surface area contributed by atoms with Crippen molar-refractivity contribution in [2.24, 2.45) is 0 Å². The standard InChI is InChI=1S/C13H15Cl2NO/c14-9-12-6-1-2-7-16(12)13(17)10-4-3-5-11(15)8-10/h3-5,8,12H,1-2,6-7,9H2. The predicted octanol–water partition coefficient (Wildman–Crippen LogP) is 3.57. The second-order valence-corrected chi connectivity index (χ2v) is 5.06. The van der Waals surface area contributed by atoms with E-state index in [-0.39, 0.29) is 11.9 Å². The van der Waals surface area contributed by atoms with Crippen molar-refractivity contribution < 1.29 is 4.79 Å². The lowest BCUT2D eigenvalue weighted by molar-refractivity contribution is 0.0639. The number of hydrogen-bond acceptors (Lipinski definition) is 1. The average Bonchev–Trinajstić information content (AvgIpc) is 2.38. The lowest BCUT2D eigenvalue weighted by Crippen LogP contribution is -2.44. The molecule has 2 rings (SSSR count). The molecule has 0 radical (unpaired) electrons. The zero-order valence-electron chi connectivity index (χ0n) is 9.53. The summed E-state index contributed by atoms with van der Waals surface area (Å²) in [5.41, 5.74) is 0.648. The molecule has 1 saturated heterocycles.